The summed E-state index contributed by atoms with van der Waals surface area (Å²) in [5.41, 5.74) is 5.37. The Morgan fingerprint density at radius 3 is 2.48 bits per heavy atom. The van der Waals surface area contributed by atoms with Crippen molar-refractivity contribution >= 4 is 22.7 Å². The molecule has 3 aromatic rings. The molecule has 3 rings (SSSR count). The van der Waals surface area contributed by atoms with E-state index in [2.05, 4.69) is 4.98 Å². The lowest BCUT2D eigenvalue weighted by atomic mass is 10.0. The number of ether oxygens (including phenoxy) is 1. The maximum atomic E-state index is 12.8. The first-order valence-electron chi connectivity index (χ1n) is 9.06. The Kier molecular flexibility index (Phi) is 5.13. The van der Waals surface area contributed by atoms with Crippen molar-refractivity contribution in [1.29, 1.82) is 0 Å². The van der Waals surface area contributed by atoms with Crippen molar-refractivity contribution in [3.05, 3.63) is 64.1 Å². The predicted octanol–water partition coefficient (Wildman–Crippen LogP) is 4.10. The number of hydrogen-bond acceptors (Lipinski definition) is 4. The fraction of sp³-hybridized carbons (Fsp3) is 0.318. The Balaban J connectivity index is 1.89. The summed E-state index contributed by atoms with van der Waals surface area (Å²) in [6.07, 6.45) is 0.721. The van der Waals surface area contributed by atoms with Gasteiger partial charge in [-0.2, -0.15) is 0 Å². The van der Waals surface area contributed by atoms with E-state index in [1.165, 1.54) is 0 Å². The Morgan fingerprint density at radius 1 is 1.15 bits per heavy atom. The number of Topliss-reactive ketones (excluding diaryl/α,β-unsaturated/α-hetero) is 1. The van der Waals surface area contributed by atoms with Crippen molar-refractivity contribution in [2.24, 2.45) is 7.05 Å². The lowest BCUT2D eigenvalue weighted by Crippen LogP contribution is -2.17. The van der Waals surface area contributed by atoms with Crippen LogP contribution in [0.2, 0.25) is 0 Å². The molecule has 2 aromatic heterocycles. The summed E-state index contributed by atoms with van der Waals surface area (Å²) >= 11 is 0. The van der Waals surface area contributed by atoms with Gasteiger partial charge in [-0.1, -0.05) is 25.1 Å². The van der Waals surface area contributed by atoms with Gasteiger partial charge in [-0.25, -0.2) is 4.79 Å². The molecule has 5 heteroatoms. The fourth-order valence-electron chi connectivity index (χ4n) is 3.38. The summed E-state index contributed by atoms with van der Waals surface area (Å²) in [7, 11) is 1.91. The second-order valence-corrected chi connectivity index (χ2v) is 6.77. The molecule has 0 aliphatic carbocycles. The zero-order valence-corrected chi connectivity index (χ0v) is 16.4. The summed E-state index contributed by atoms with van der Waals surface area (Å²) in [6, 6.07) is 9.33. The number of aromatic nitrogens is 2. The van der Waals surface area contributed by atoms with Crippen LogP contribution in [0.4, 0.5) is 0 Å². The number of nitrogens with zero attached hydrogens (tertiary/aromatic N) is 2. The van der Waals surface area contributed by atoms with E-state index in [1.54, 1.807) is 0 Å². The number of ketones is 1. The van der Waals surface area contributed by atoms with E-state index < -0.39 is 5.97 Å². The molecular weight excluding hydrogens is 340 g/mol. The van der Waals surface area contributed by atoms with Gasteiger partial charge < -0.3 is 9.30 Å². The number of para-hydroxylation sites is 1. The largest absolute Gasteiger partial charge is 0.454 e. The van der Waals surface area contributed by atoms with Crippen LogP contribution in [0.25, 0.3) is 10.9 Å². The van der Waals surface area contributed by atoms with Crippen molar-refractivity contribution in [3.63, 3.8) is 0 Å². The number of rotatable bonds is 5. The SMILES string of the molecule is CCc1nc2ccccc2c(C(=O)OCC(=O)c2cc(C)n(C)c2C)c1C. The minimum atomic E-state index is -0.487. The summed E-state index contributed by atoms with van der Waals surface area (Å²) < 4.78 is 7.36. The minimum Gasteiger partial charge on any atom is -0.454 e. The summed E-state index contributed by atoms with van der Waals surface area (Å²) in [4.78, 5) is 30.0. The molecule has 0 atom stereocenters. The molecular formula is C22H24N2O3. The van der Waals surface area contributed by atoms with E-state index >= 15 is 0 Å². The summed E-state index contributed by atoms with van der Waals surface area (Å²) in [5, 5.41) is 0.747. The number of aryl methyl sites for hydroxylation is 2. The van der Waals surface area contributed by atoms with Crippen LogP contribution in [0.15, 0.2) is 30.3 Å². The Labute approximate surface area is 159 Å². The maximum Gasteiger partial charge on any atom is 0.339 e. The van der Waals surface area contributed by atoms with E-state index in [1.807, 2.05) is 69.6 Å². The Morgan fingerprint density at radius 2 is 1.85 bits per heavy atom. The van der Waals surface area contributed by atoms with Gasteiger partial charge in [0.15, 0.2) is 6.61 Å². The first-order chi connectivity index (χ1) is 12.8. The molecule has 0 fully saturated rings. The van der Waals surface area contributed by atoms with Gasteiger partial charge in [0.25, 0.3) is 0 Å². The molecule has 5 nitrogen and oxygen atoms in total. The topological polar surface area (TPSA) is 61.2 Å². The van der Waals surface area contributed by atoms with Gasteiger partial charge in [-0.3, -0.25) is 9.78 Å². The third kappa shape index (κ3) is 3.37. The molecule has 27 heavy (non-hydrogen) atoms. The molecule has 0 amide bonds. The van der Waals surface area contributed by atoms with Crippen LogP contribution >= 0.6 is 0 Å². The van der Waals surface area contributed by atoms with Crippen LogP contribution in [0.1, 0.15) is 50.3 Å². The number of hydrogen-bond donors (Lipinski definition) is 0. The number of carbonyl (C=O) groups excluding carboxylic acids is 2. The van der Waals surface area contributed by atoms with E-state index in [4.69, 9.17) is 4.74 Å². The quantitative estimate of drug-likeness (QED) is 0.505. The number of esters is 1. The molecule has 0 saturated heterocycles. The average molecular weight is 364 g/mol. The molecule has 0 aliphatic heterocycles. The van der Waals surface area contributed by atoms with E-state index in [0.717, 1.165) is 40.0 Å². The molecule has 140 valence electrons. The highest BCUT2D eigenvalue weighted by atomic mass is 16.5. The molecule has 0 spiro atoms. The fourth-order valence-corrected chi connectivity index (χ4v) is 3.38. The molecule has 0 aliphatic rings. The van der Waals surface area contributed by atoms with Crippen LogP contribution in [0.5, 0.6) is 0 Å². The van der Waals surface area contributed by atoms with Crippen molar-refractivity contribution in [1.82, 2.24) is 9.55 Å². The number of benzene rings is 1. The summed E-state index contributed by atoms with van der Waals surface area (Å²) in [6.45, 7) is 7.43. The van der Waals surface area contributed by atoms with Crippen LogP contribution < -0.4 is 0 Å². The van der Waals surface area contributed by atoms with Gasteiger partial charge >= 0.3 is 5.97 Å². The highest BCUT2D eigenvalue weighted by molar-refractivity contribution is 6.06. The second-order valence-electron chi connectivity index (χ2n) is 6.77. The van der Waals surface area contributed by atoms with Crippen LogP contribution in [0.3, 0.4) is 0 Å². The first-order valence-corrected chi connectivity index (χ1v) is 9.06. The van der Waals surface area contributed by atoms with Gasteiger partial charge in [0, 0.05) is 35.1 Å². The molecule has 0 N–H and O–H groups in total. The average Bonchev–Trinajstić information content (AvgIpc) is 2.92. The lowest BCUT2D eigenvalue weighted by Gasteiger charge is -2.13. The van der Waals surface area contributed by atoms with Gasteiger partial charge in [0.05, 0.1) is 11.1 Å². The van der Waals surface area contributed by atoms with Crippen molar-refractivity contribution in [3.8, 4) is 0 Å². The van der Waals surface area contributed by atoms with Crippen LogP contribution in [-0.2, 0) is 18.2 Å². The van der Waals surface area contributed by atoms with Crippen molar-refractivity contribution in [2.45, 2.75) is 34.1 Å². The molecule has 1 aromatic carbocycles. The monoisotopic (exact) mass is 364 g/mol. The Hall–Kier alpha value is -2.95. The Bertz CT molecular complexity index is 1050. The molecule has 0 unspecified atom stereocenters. The van der Waals surface area contributed by atoms with Crippen LogP contribution in [0, 0.1) is 20.8 Å². The van der Waals surface area contributed by atoms with Crippen molar-refractivity contribution < 1.29 is 14.3 Å². The molecule has 0 bridgehead atoms. The zero-order valence-electron chi connectivity index (χ0n) is 16.4. The first kappa shape index (κ1) is 18.8. The standard InChI is InChI=1S/C22H24N2O3/c1-6-18-14(3)21(16-9-7-8-10-19(16)23-18)22(26)27-12-20(25)17-11-13(2)24(5)15(17)4/h7-11H,6,12H2,1-5H3. The van der Waals surface area contributed by atoms with Crippen molar-refractivity contribution in [2.75, 3.05) is 6.61 Å². The van der Waals surface area contributed by atoms with Gasteiger partial charge in [-0.15, -0.1) is 0 Å². The number of carbonyl (C=O) groups is 2. The lowest BCUT2D eigenvalue weighted by molar-refractivity contribution is 0.0475. The second kappa shape index (κ2) is 7.35. The maximum absolute atomic E-state index is 12.8. The molecule has 0 radical (unpaired) electrons. The summed E-state index contributed by atoms with van der Waals surface area (Å²) in [5.74, 6) is -0.685. The highest BCUT2D eigenvalue weighted by Gasteiger charge is 2.21. The van der Waals surface area contributed by atoms with E-state index in [9.17, 15) is 9.59 Å². The van der Waals surface area contributed by atoms with Gasteiger partial charge in [-0.05, 0) is 44.9 Å². The van der Waals surface area contributed by atoms with E-state index in [-0.39, 0.29) is 12.4 Å². The molecule has 2 heterocycles. The predicted molar refractivity (Wildman–Crippen MR) is 105 cm³/mol. The smallest absolute Gasteiger partial charge is 0.339 e. The third-order valence-electron chi connectivity index (χ3n) is 5.19. The number of pyridine rings is 1. The minimum absolute atomic E-state index is 0.198. The third-order valence-corrected chi connectivity index (χ3v) is 5.19. The van der Waals surface area contributed by atoms with Crippen LogP contribution in [-0.4, -0.2) is 27.9 Å². The molecule has 0 saturated carbocycles. The highest BCUT2D eigenvalue weighted by Crippen LogP contribution is 2.24. The van der Waals surface area contributed by atoms with Gasteiger partial charge in [0.1, 0.15) is 0 Å². The normalized spacial score (nSPS) is 11.0. The number of fused-ring (bicyclic) bond motifs is 1. The van der Waals surface area contributed by atoms with E-state index in [0.29, 0.717) is 11.1 Å². The zero-order chi connectivity index (χ0) is 19.7. The van der Waals surface area contributed by atoms with Gasteiger partial charge in [0.2, 0.25) is 5.78 Å².